The van der Waals surface area contributed by atoms with Gasteiger partial charge in [0.1, 0.15) is 0 Å². The first-order chi connectivity index (χ1) is 10.5. The summed E-state index contributed by atoms with van der Waals surface area (Å²) in [6, 6.07) is 6.45. The topological polar surface area (TPSA) is 17.1 Å². The average molecular weight is 294 g/mol. The van der Waals surface area contributed by atoms with Gasteiger partial charge < -0.3 is 0 Å². The lowest BCUT2D eigenvalue weighted by Gasteiger charge is -2.55. The molecule has 0 atom stereocenters. The highest BCUT2D eigenvalue weighted by Crippen LogP contribution is 2.60. The third-order valence-corrected chi connectivity index (χ3v) is 6.41. The lowest BCUT2D eigenvalue weighted by atomic mass is 9.48. The second-order valence-electron chi connectivity index (χ2n) is 8.26. The normalized spacial score (nSPS) is 36.2. The van der Waals surface area contributed by atoms with E-state index in [2.05, 4.69) is 38.1 Å². The van der Waals surface area contributed by atoms with E-state index in [0.717, 1.165) is 37.0 Å². The summed E-state index contributed by atoms with van der Waals surface area (Å²) in [7, 11) is 0. The molecule has 4 fully saturated rings. The van der Waals surface area contributed by atoms with E-state index in [9.17, 15) is 4.79 Å². The minimum absolute atomic E-state index is 0.00296. The van der Waals surface area contributed by atoms with Gasteiger partial charge in [0, 0.05) is 5.41 Å². The Morgan fingerprint density at radius 1 is 1.05 bits per heavy atom. The van der Waals surface area contributed by atoms with Crippen molar-refractivity contribution in [3.63, 3.8) is 0 Å². The Balaban J connectivity index is 1.57. The van der Waals surface area contributed by atoms with Gasteiger partial charge in [-0.15, -0.1) is 0 Å². The summed E-state index contributed by atoms with van der Waals surface area (Å²) < 4.78 is 0. The van der Waals surface area contributed by atoms with Gasteiger partial charge in [-0.1, -0.05) is 29.8 Å². The molecule has 1 heteroatoms. The van der Waals surface area contributed by atoms with Crippen molar-refractivity contribution in [2.24, 2.45) is 23.2 Å². The molecule has 1 aromatic rings. The molecular formula is C21H26O. The second-order valence-corrected chi connectivity index (χ2v) is 8.26. The quantitative estimate of drug-likeness (QED) is 0.709. The number of aryl methyl sites for hydroxylation is 2. The zero-order valence-corrected chi connectivity index (χ0v) is 13.8. The van der Waals surface area contributed by atoms with E-state index in [4.69, 9.17) is 0 Å². The van der Waals surface area contributed by atoms with Crippen LogP contribution in [0.5, 0.6) is 0 Å². The van der Waals surface area contributed by atoms with Gasteiger partial charge in [-0.3, -0.25) is 4.79 Å². The number of allylic oxidation sites excluding steroid dienone is 1. The lowest BCUT2D eigenvalue weighted by Crippen LogP contribution is -2.49. The van der Waals surface area contributed by atoms with Crippen molar-refractivity contribution < 1.29 is 4.79 Å². The van der Waals surface area contributed by atoms with E-state index in [-0.39, 0.29) is 5.41 Å². The smallest absolute Gasteiger partial charge is 0.161 e. The van der Waals surface area contributed by atoms with Gasteiger partial charge in [-0.2, -0.15) is 0 Å². The van der Waals surface area contributed by atoms with Gasteiger partial charge in [0.15, 0.2) is 5.78 Å². The number of ketones is 1. The Morgan fingerprint density at radius 3 is 2.23 bits per heavy atom. The third kappa shape index (κ3) is 2.35. The molecule has 5 rings (SSSR count). The summed E-state index contributed by atoms with van der Waals surface area (Å²) in [4.78, 5) is 13.0. The largest absolute Gasteiger partial charge is 0.294 e. The molecule has 0 amide bonds. The van der Waals surface area contributed by atoms with E-state index in [1.807, 2.05) is 6.08 Å². The summed E-state index contributed by atoms with van der Waals surface area (Å²) in [5.41, 5.74) is 3.70. The summed E-state index contributed by atoms with van der Waals surface area (Å²) in [5.74, 6) is 2.92. The minimum Gasteiger partial charge on any atom is -0.294 e. The zero-order chi connectivity index (χ0) is 15.3. The molecule has 1 aromatic carbocycles. The second kappa shape index (κ2) is 5.08. The molecule has 4 saturated carbocycles. The van der Waals surface area contributed by atoms with Crippen LogP contribution >= 0.6 is 0 Å². The summed E-state index contributed by atoms with van der Waals surface area (Å²) in [5, 5.41) is 0. The van der Waals surface area contributed by atoms with E-state index in [1.165, 1.54) is 36.0 Å². The lowest BCUT2D eigenvalue weighted by molar-refractivity contribution is -0.138. The Bertz CT molecular complexity index is 602. The van der Waals surface area contributed by atoms with Crippen LogP contribution < -0.4 is 0 Å². The Hall–Kier alpha value is -1.37. The predicted molar refractivity (Wildman–Crippen MR) is 90.6 cm³/mol. The zero-order valence-electron chi connectivity index (χ0n) is 13.8. The van der Waals surface area contributed by atoms with Gasteiger partial charge in [0.2, 0.25) is 0 Å². The van der Waals surface area contributed by atoms with Crippen molar-refractivity contribution in [1.82, 2.24) is 0 Å². The van der Waals surface area contributed by atoms with E-state index < -0.39 is 0 Å². The molecule has 0 aromatic heterocycles. The minimum atomic E-state index is 0.00296. The van der Waals surface area contributed by atoms with Crippen LogP contribution in [0.2, 0.25) is 0 Å². The number of carbonyl (C=O) groups excluding carboxylic acids is 1. The number of hydrogen-bond acceptors (Lipinski definition) is 1. The first kappa shape index (κ1) is 14.2. The number of carbonyl (C=O) groups is 1. The highest BCUT2D eigenvalue weighted by atomic mass is 16.1. The van der Waals surface area contributed by atoms with Crippen LogP contribution in [-0.2, 0) is 4.79 Å². The van der Waals surface area contributed by atoms with Crippen molar-refractivity contribution in [1.29, 1.82) is 0 Å². The first-order valence-corrected chi connectivity index (χ1v) is 8.84. The molecule has 0 heterocycles. The Morgan fingerprint density at radius 2 is 1.64 bits per heavy atom. The maximum atomic E-state index is 13.0. The molecule has 22 heavy (non-hydrogen) atoms. The molecular weight excluding hydrogens is 268 g/mol. The van der Waals surface area contributed by atoms with Crippen LogP contribution in [0.1, 0.15) is 55.2 Å². The van der Waals surface area contributed by atoms with Crippen molar-refractivity contribution >= 4 is 11.9 Å². The Labute approximate surface area is 133 Å². The third-order valence-electron chi connectivity index (χ3n) is 6.41. The molecule has 0 radical (unpaired) electrons. The fourth-order valence-corrected chi connectivity index (χ4v) is 5.69. The van der Waals surface area contributed by atoms with Crippen LogP contribution in [0.4, 0.5) is 0 Å². The van der Waals surface area contributed by atoms with Gasteiger partial charge in [-0.25, -0.2) is 0 Å². The fraction of sp³-hybridized carbons (Fsp3) is 0.571. The molecule has 1 nitrogen and oxygen atoms in total. The average Bonchev–Trinajstić information content (AvgIpc) is 2.46. The van der Waals surface area contributed by atoms with Gasteiger partial charge in [-0.05, 0) is 87.3 Å². The Kier molecular flexibility index (Phi) is 3.29. The standard InChI is InChI=1S/C21H26O/c1-14-3-4-15(2)19(7-14)5-6-20(22)21-11-16-8-17(12-21)10-18(9-16)13-21/h3-7,16-18H,8-13H2,1-2H3/b6-5+. The fourth-order valence-electron chi connectivity index (χ4n) is 5.69. The summed E-state index contributed by atoms with van der Waals surface area (Å²) in [6.07, 6.45) is 11.6. The van der Waals surface area contributed by atoms with Crippen LogP contribution in [0.3, 0.4) is 0 Å². The van der Waals surface area contributed by atoms with Crippen molar-refractivity contribution in [3.05, 3.63) is 41.0 Å². The predicted octanol–water partition coefficient (Wildman–Crippen LogP) is 5.10. The molecule has 116 valence electrons. The number of hydrogen-bond donors (Lipinski definition) is 0. The van der Waals surface area contributed by atoms with Crippen LogP contribution in [0.25, 0.3) is 6.08 Å². The summed E-state index contributed by atoms with van der Waals surface area (Å²) >= 11 is 0. The molecule has 4 aliphatic carbocycles. The van der Waals surface area contributed by atoms with Gasteiger partial charge >= 0.3 is 0 Å². The summed E-state index contributed by atoms with van der Waals surface area (Å²) in [6.45, 7) is 4.23. The molecule has 0 spiro atoms. The number of benzene rings is 1. The molecule has 0 aliphatic heterocycles. The van der Waals surface area contributed by atoms with Crippen molar-refractivity contribution in [3.8, 4) is 0 Å². The van der Waals surface area contributed by atoms with Crippen molar-refractivity contribution in [2.45, 2.75) is 52.4 Å². The molecule has 0 unspecified atom stereocenters. The maximum Gasteiger partial charge on any atom is 0.161 e. The van der Waals surface area contributed by atoms with Crippen LogP contribution in [0.15, 0.2) is 24.3 Å². The molecule has 4 bridgehead atoms. The molecule has 0 N–H and O–H groups in total. The SMILES string of the molecule is Cc1ccc(C)c(/C=C/C(=O)C23CC4CC(CC(C4)C2)C3)c1. The maximum absolute atomic E-state index is 13.0. The monoisotopic (exact) mass is 294 g/mol. The van der Waals surface area contributed by atoms with Gasteiger partial charge in [0.25, 0.3) is 0 Å². The molecule has 0 saturated heterocycles. The van der Waals surface area contributed by atoms with E-state index >= 15 is 0 Å². The number of rotatable bonds is 3. The van der Waals surface area contributed by atoms with E-state index in [1.54, 1.807) is 0 Å². The van der Waals surface area contributed by atoms with Crippen LogP contribution in [0, 0.1) is 37.0 Å². The highest BCUT2D eigenvalue weighted by Gasteiger charge is 2.53. The highest BCUT2D eigenvalue weighted by molar-refractivity contribution is 5.98. The van der Waals surface area contributed by atoms with Crippen LogP contribution in [-0.4, -0.2) is 5.78 Å². The van der Waals surface area contributed by atoms with Gasteiger partial charge in [0.05, 0.1) is 0 Å². The molecule has 4 aliphatic rings. The van der Waals surface area contributed by atoms with E-state index in [0.29, 0.717) is 5.78 Å². The first-order valence-electron chi connectivity index (χ1n) is 8.84. The van der Waals surface area contributed by atoms with Crippen molar-refractivity contribution in [2.75, 3.05) is 0 Å².